The second kappa shape index (κ2) is 7.48. The van der Waals surface area contributed by atoms with Crippen molar-refractivity contribution in [3.05, 3.63) is 58.9 Å². The molecule has 3 rings (SSSR count). The van der Waals surface area contributed by atoms with Crippen LogP contribution in [0.5, 0.6) is 0 Å². The first-order valence-corrected chi connectivity index (χ1v) is 7.83. The van der Waals surface area contributed by atoms with Crippen molar-refractivity contribution in [1.82, 2.24) is 0 Å². The van der Waals surface area contributed by atoms with Gasteiger partial charge in [0.15, 0.2) is 12.4 Å². The van der Waals surface area contributed by atoms with Crippen LogP contribution >= 0.6 is 11.8 Å². The van der Waals surface area contributed by atoms with Gasteiger partial charge in [0.25, 0.3) is 0 Å². The number of aliphatic hydroxyl groups is 1. The zero-order chi connectivity index (χ0) is 14.8. The maximum absolute atomic E-state index is 9.37. The van der Waals surface area contributed by atoms with Gasteiger partial charge in [-0.25, -0.2) is 4.57 Å². The van der Waals surface area contributed by atoms with Crippen LogP contribution in [0.4, 0.5) is 5.69 Å². The molecule has 0 fully saturated rings. The number of fused-ring (bicyclic) bond motifs is 1. The third-order valence-electron chi connectivity index (χ3n) is 3.46. The first kappa shape index (κ1) is 17.3. The Balaban J connectivity index is 0.00000176. The van der Waals surface area contributed by atoms with Gasteiger partial charge in [-0.2, -0.15) is 0 Å². The highest BCUT2D eigenvalue weighted by Gasteiger charge is 2.24. The molecule has 0 atom stereocenters. The Hall–Kier alpha value is -1.05. The molecule has 0 aliphatic carbocycles. The highest BCUT2D eigenvalue weighted by atomic mass is 127. The van der Waals surface area contributed by atoms with Gasteiger partial charge in [0, 0.05) is 23.1 Å². The van der Waals surface area contributed by atoms with Crippen molar-refractivity contribution in [2.24, 2.45) is 7.05 Å². The third kappa shape index (κ3) is 3.64. The van der Waals surface area contributed by atoms with Crippen molar-refractivity contribution in [2.75, 3.05) is 18.1 Å². The molecule has 1 aromatic heterocycles. The second-order valence-electron chi connectivity index (χ2n) is 5.23. The van der Waals surface area contributed by atoms with Crippen molar-refractivity contribution in [1.29, 1.82) is 0 Å². The molecule has 5 heteroatoms. The monoisotopic (exact) mass is 426 g/mol. The lowest BCUT2D eigenvalue weighted by Crippen LogP contribution is -3.00. The number of aliphatic hydroxyl groups excluding tert-OH is 1. The number of β-amino-alcohol motifs (C(OH)–C–C–N with tert-alkyl or cyclic N) is 1. The molecule has 0 unspecified atom stereocenters. The van der Waals surface area contributed by atoms with Crippen LogP contribution in [0.2, 0.25) is 0 Å². The number of pyridine rings is 1. The molecule has 1 aliphatic rings. The smallest absolute Gasteiger partial charge is 0.175 e. The fraction of sp³-hybridized carbons (Fsp3) is 0.235. The van der Waals surface area contributed by atoms with E-state index in [1.165, 1.54) is 16.1 Å². The molecule has 2 heterocycles. The molecule has 1 N–H and O–H groups in total. The molecule has 3 nitrogen and oxygen atoms in total. The Labute approximate surface area is 152 Å². The summed E-state index contributed by atoms with van der Waals surface area (Å²) in [6.07, 6.45) is 6.29. The molecule has 0 amide bonds. The molecule has 0 saturated heterocycles. The largest absolute Gasteiger partial charge is 1.00 e. The maximum Gasteiger partial charge on any atom is 0.175 e. The molecular formula is C17H19IN2OS. The summed E-state index contributed by atoms with van der Waals surface area (Å²) in [4.78, 5) is 3.45. The molecule has 22 heavy (non-hydrogen) atoms. The topological polar surface area (TPSA) is 27.3 Å². The van der Waals surface area contributed by atoms with Gasteiger partial charge in [-0.1, -0.05) is 17.8 Å². The highest BCUT2D eigenvalue weighted by Crippen LogP contribution is 2.46. The van der Waals surface area contributed by atoms with Crippen LogP contribution in [0.25, 0.3) is 6.08 Å². The second-order valence-corrected chi connectivity index (χ2v) is 6.30. The first-order valence-electron chi connectivity index (χ1n) is 7.01. The molecule has 2 aromatic rings. The van der Waals surface area contributed by atoms with E-state index >= 15 is 0 Å². The zero-order valence-corrected chi connectivity index (χ0v) is 15.6. The van der Waals surface area contributed by atoms with E-state index in [2.05, 4.69) is 48.4 Å². The average molecular weight is 426 g/mol. The van der Waals surface area contributed by atoms with Crippen LogP contribution in [0.1, 0.15) is 11.1 Å². The van der Waals surface area contributed by atoms with Gasteiger partial charge in [0.2, 0.25) is 0 Å². The van der Waals surface area contributed by atoms with Crippen LogP contribution in [0.3, 0.4) is 0 Å². The third-order valence-corrected chi connectivity index (χ3v) is 4.57. The van der Waals surface area contributed by atoms with Crippen LogP contribution in [0.15, 0.2) is 52.7 Å². The van der Waals surface area contributed by atoms with Gasteiger partial charge in [0.05, 0.1) is 17.3 Å². The minimum Gasteiger partial charge on any atom is -1.00 e. The number of hydrogen-bond donors (Lipinski definition) is 1. The lowest BCUT2D eigenvalue weighted by molar-refractivity contribution is -0.671. The minimum atomic E-state index is 0. The Morgan fingerprint density at radius 2 is 2.14 bits per heavy atom. The van der Waals surface area contributed by atoms with Crippen LogP contribution in [-0.2, 0) is 7.05 Å². The van der Waals surface area contributed by atoms with Crippen molar-refractivity contribution in [3.8, 4) is 0 Å². The number of halogens is 1. The Bertz CT molecular complexity index is 703. The van der Waals surface area contributed by atoms with Gasteiger partial charge in [-0.3, -0.25) is 0 Å². The van der Waals surface area contributed by atoms with E-state index in [1.54, 1.807) is 11.8 Å². The summed E-state index contributed by atoms with van der Waals surface area (Å²) in [5, 5.41) is 10.5. The van der Waals surface area contributed by atoms with Gasteiger partial charge < -0.3 is 34.0 Å². The lowest BCUT2D eigenvalue weighted by Gasteiger charge is -2.19. The van der Waals surface area contributed by atoms with Crippen molar-refractivity contribution in [2.45, 2.75) is 11.8 Å². The molecule has 0 bridgehead atoms. The maximum atomic E-state index is 9.37. The molecule has 0 radical (unpaired) electrons. The van der Waals surface area contributed by atoms with E-state index in [9.17, 15) is 5.11 Å². The van der Waals surface area contributed by atoms with Crippen LogP contribution in [-0.4, -0.2) is 18.3 Å². The van der Waals surface area contributed by atoms with Gasteiger partial charge >= 0.3 is 0 Å². The number of rotatable bonds is 3. The summed E-state index contributed by atoms with van der Waals surface area (Å²) in [5.41, 5.74) is 3.60. The Kier molecular flexibility index (Phi) is 5.88. The fourth-order valence-electron chi connectivity index (χ4n) is 2.49. The standard InChI is InChI=1S/C17H19N2OS.HI/c1-13-5-6-16-15(10-13)19(8-9-20)17(21-16)11-14-4-3-7-18(2)12-14;/h3-7,10-12,20H,8-9H2,1-2H3;1H/q+1;/p-1/b17-11+;. The summed E-state index contributed by atoms with van der Waals surface area (Å²) in [6, 6.07) is 10.6. The molecule has 0 saturated carbocycles. The Morgan fingerprint density at radius 1 is 1.32 bits per heavy atom. The SMILES string of the molecule is Cc1ccc2c(c1)N(CCO)/C(=C\c1ccc[n+](C)c1)S2.[I-]. The summed E-state index contributed by atoms with van der Waals surface area (Å²) in [6.45, 7) is 2.86. The number of aryl methyl sites for hydroxylation is 2. The quantitative estimate of drug-likeness (QED) is 0.541. The molecule has 1 aromatic carbocycles. The van der Waals surface area contributed by atoms with E-state index in [0.717, 1.165) is 10.6 Å². The average Bonchev–Trinajstić information content (AvgIpc) is 2.77. The van der Waals surface area contributed by atoms with Crippen molar-refractivity contribution < 1.29 is 33.7 Å². The van der Waals surface area contributed by atoms with Gasteiger partial charge in [-0.15, -0.1) is 0 Å². The number of benzene rings is 1. The molecule has 0 spiro atoms. The number of hydrogen-bond acceptors (Lipinski definition) is 3. The molecule has 116 valence electrons. The molecular weight excluding hydrogens is 407 g/mol. The van der Waals surface area contributed by atoms with E-state index in [1.807, 2.05) is 23.9 Å². The highest BCUT2D eigenvalue weighted by molar-refractivity contribution is 8.03. The number of anilines is 1. The number of nitrogens with zero attached hydrogens (tertiary/aromatic N) is 2. The minimum absolute atomic E-state index is 0. The first-order chi connectivity index (χ1) is 10.2. The number of aromatic nitrogens is 1. The number of thioether (sulfide) groups is 1. The van der Waals surface area contributed by atoms with Gasteiger partial charge in [0.1, 0.15) is 7.05 Å². The summed E-state index contributed by atoms with van der Waals surface area (Å²) in [5.74, 6) is 0. The Morgan fingerprint density at radius 3 is 2.86 bits per heavy atom. The zero-order valence-electron chi connectivity index (χ0n) is 12.7. The molecule has 1 aliphatic heterocycles. The lowest BCUT2D eigenvalue weighted by atomic mass is 10.2. The van der Waals surface area contributed by atoms with E-state index in [4.69, 9.17) is 0 Å². The summed E-state index contributed by atoms with van der Waals surface area (Å²) >= 11 is 1.76. The fourth-order valence-corrected chi connectivity index (χ4v) is 3.62. The summed E-state index contributed by atoms with van der Waals surface area (Å²) < 4.78 is 2.04. The van der Waals surface area contributed by atoms with Crippen LogP contribution < -0.4 is 33.4 Å². The normalized spacial score (nSPS) is 14.9. The predicted octanol–water partition coefficient (Wildman–Crippen LogP) is -0.273. The van der Waals surface area contributed by atoms with Crippen molar-refractivity contribution in [3.63, 3.8) is 0 Å². The van der Waals surface area contributed by atoms with E-state index in [-0.39, 0.29) is 30.6 Å². The van der Waals surface area contributed by atoms with Gasteiger partial charge in [-0.05, 0) is 36.8 Å². The summed E-state index contributed by atoms with van der Waals surface area (Å²) in [7, 11) is 2.02. The van der Waals surface area contributed by atoms with Crippen molar-refractivity contribution >= 4 is 23.5 Å². The van der Waals surface area contributed by atoms with E-state index < -0.39 is 0 Å². The van der Waals surface area contributed by atoms with Crippen LogP contribution in [0, 0.1) is 6.92 Å². The predicted molar refractivity (Wildman–Crippen MR) is 87.1 cm³/mol. The van der Waals surface area contributed by atoms with E-state index in [0.29, 0.717) is 6.54 Å².